The highest BCUT2D eigenvalue weighted by Crippen LogP contribution is 2.49. The third-order valence-corrected chi connectivity index (χ3v) is 19.9. The molecule has 2 bridgehead atoms. The summed E-state index contributed by atoms with van der Waals surface area (Å²) in [4.78, 5) is 37.7. The van der Waals surface area contributed by atoms with E-state index in [2.05, 4.69) is 71.1 Å². The molecule has 0 spiro atoms. The lowest BCUT2D eigenvalue weighted by Gasteiger charge is -2.38. The Hall–Kier alpha value is -6.71. The molecule has 2 aliphatic heterocycles. The SMILES string of the molecule is CC1(C)CCC(CCCOc2cccc(S(=O)(=O)NC(=O)c3ccc(-n4ccc(OCCC5(C)CC5)n4)nc3Cl)c2)C1.CC1(CCOc2ccn(-c3ccc4c(n3)N3C(CCCOc5cccc(c5)S(=O)(=O)NC4=O)CCC3(C)C)n2)CC1. The van der Waals surface area contributed by atoms with Crippen LogP contribution in [-0.4, -0.2) is 96.2 Å². The number of nitrogens with zero attached hydrogens (tertiary/aromatic N) is 7. The van der Waals surface area contributed by atoms with Crippen LogP contribution in [0.4, 0.5) is 5.82 Å². The van der Waals surface area contributed by atoms with Gasteiger partial charge in [-0.1, -0.05) is 51.4 Å². The number of anilines is 1. The number of halogens is 1. The second-order valence-corrected chi connectivity index (χ2v) is 28.7. The summed E-state index contributed by atoms with van der Waals surface area (Å²) in [5.41, 5.74) is 1.03. The number of carbonyl (C=O) groups is 2. The van der Waals surface area contributed by atoms with Crippen molar-refractivity contribution in [2.24, 2.45) is 22.2 Å². The van der Waals surface area contributed by atoms with E-state index in [0.717, 1.165) is 57.3 Å². The smallest absolute Gasteiger partial charge is 0.268 e. The average molecular weight is 1190 g/mol. The Labute approximate surface area is 492 Å². The monoisotopic (exact) mass is 1190 g/mol. The second-order valence-electron chi connectivity index (χ2n) is 25.0. The van der Waals surface area contributed by atoms with Crippen molar-refractivity contribution in [2.75, 3.05) is 31.3 Å². The first-order valence-electron chi connectivity index (χ1n) is 28.9. The molecule has 5 aliphatic rings. The summed E-state index contributed by atoms with van der Waals surface area (Å²) in [6.07, 6.45) is 19.6. The molecule has 2 atom stereocenters. The Morgan fingerprint density at radius 1 is 0.771 bits per heavy atom. The van der Waals surface area contributed by atoms with Crippen molar-refractivity contribution in [2.45, 2.75) is 159 Å². The van der Waals surface area contributed by atoms with Crippen molar-refractivity contribution < 1.29 is 45.4 Å². The fourth-order valence-electron chi connectivity index (χ4n) is 11.2. The summed E-state index contributed by atoms with van der Waals surface area (Å²) < 4.78 is 83.2. The van der Waals surface area contributed by atoms with Crippen molar-refractivity contribution in [3.63, 3.8) is 0 Å². The van der Waals surface area contributed by atoms with E-state index >= 15 is 0 Å². The van der Waals surface area contributed by atoms with E-state index in [-0.39, 0.29) is 37.7 Å². The van der Waals surface area contributed by atoms with E-state index < -0.39 is 31.9 Å². The standard InChI is InChI=1S/C31H39ClN4O5S.C30H37N5O5S/c1-30(2)13-11-22(21-30)6-5-18-40-23-7-4-8-24(20-23)42(38,39)35-29(37)25-9-10-26(33-28(25)32)36-17-12-27(34-36)41-19-16-31(3)14-15-31;1-29(2)13-11-21-6-5-18-39-22-7-4-8-23(20-22)41(37,38)33-28(36)24-9-10-25(31-27(24)35(21)29)34-17-12-26(32-34)40-19-16-30(3)14-15-30/h4,7-10,12,17,20,22H,5-6,11,13-16,18-19,21H2,1-3H3,(H,35,37);4,7-10,12,17,20-21H,5-6,11,13-16,18-19H2,1-3H3,(H,33,36). The number of rotatable bonds is 18. The molecule has 4 fully saturated rings. The quantitative estimate of drug-likeness (QED) is 0.0602. The number of benzene rings is 2. The van der Waals surface area contributed by atoms with Crippen LogP contribution in [0.1, 0.15) is 159 Å². The summed E-state index contributed by atoms with van der Waals surface area (Å²) in [5.74, 6) is 2.29. The summed E-state index contributed by atoms with van der Waals surface area (Å²) in [6, 6.07) is 22.2. The van der Waals surface area contributed by atoms with E-state index in [1.807, 2.05) is 0 Å². The number of hydrogen-bond acceptors (Lipinski definition) is 15. The molecule has 3 saturated carbocycles. The van der Waals surface area contributed by atoms with E-state index in [4.69, 9.17) is 35.5 Å². The Kier molecular flexibility index (Phi) is 17.3. The Balaban J connectivity index is 0.000000185. The summed E-state index contributed by atoms with van der Waals surface area (Å²) >= 11 is 6.30. The first kappa shape index (κ1) is 59.4. The fraction of sp³-hybridized carbons (Fsp3) is 0.508. The number of ether oxygens (including phenoxy) is 4. The van der Waals surface area contributed by atoms with Crippen LogP contribution in [0.2, 0.25) is 5.15 Å². The van der Waals surface area contributed by atoms with Crippen LogP contribution in [0.15, 0.2) is 107 Å². The van der Waals surface area contributed by atoms with Crippen molar-refractivity contribution in [3.8, 4) is 34.9 Å². The molecule has 6 aromatic rings. The number of hydrogen-bond donors (Lipinski definition) is 2. The molecule has 22 heteroatoms. The molecule has 2 unspecified atom stereocenters. The van der Waals surface area contributed by atoms with E-state index in [9.17, 15) is 26.4 Å². The number of amides is 2. The molecule has 2 amide bonds. The van der Waals surface area contributed by atoms with Crippen LogP contribution >= 0.6 is 11.6 Å². The van der Waals surface area contributed by atoms with Gasteiger partial charge >= 0.3 is 0 Å². The molecule has 2 N–H and O–H groups in total. The number of pyridine rings is 2. The van der Waals surface area contributed by atoms with Gasteiger partial charge in [0.15, 0.2) is 11.6 Å². The molecule has 2 aromatic carbocycles. The number of sulfonamides is 2. The van der Waals surface area contributed by atoms with E-state index in [1.54, 1.807) is 65.6 Å². The van der Waals surface area contributed by atoms with Gasteiger partial charge in [0, 0.05) is 48.2 Å². The molecule has 1 saturated heterocycles. The van der Waals surface area contributed by atoms with Crippen LogP contribution < -0.4 is 33.3 Å². The summed E-state index contributed by atoms with van der Waals surface area (Å²) in [5, 5.41) is 8.78. The highest BCUT2D eigenvalue weighted by atomic mass is 35.5. The number of fused-ring (bicyclic) bond motifs is 5. The average Bonchev–Trinajstić information content (AvgIpc) is 3.59. The predicted octanol–water partition coefficient (Wildman–Crippen LogP) is 11.5. The van der Waals surface area contributed by atoms with Gasteiger partial charge in [0.05, 0.1) is 47.3 Å². The lowest BCUT2D eigenvalue weighted by Crippen LogP contribution is -2.45. The second kappa shape index (κ2) is 24.1. The molecule has 0 radical (unpaired) electrons. The van der Waals surface area contributed by atoms with Gasteiger partial charge in [-0.15, -0.1) is 10.2 Å². The maximum atomic E-state index is 13.6. The molecule has 83 heavy (non-hydrogen) atoms. The molecule has 444 valence electrons. The molecule has 4 aromatic heterocycles. The van der Waals surface area contributed by atoms with Crippen LogP contribution in [0, 0.1) is 22.2 Å². The van der Waals surface area contributed by atoms with Gasteiger partial charge in [-0.05, 0) is 181 Å². The lowest BCUT2D eigenvalue weighted by molar-refractivity contribution is 0.0972. The third-order valence-electron chi connectivity index (χ3n) is 17.0. The van der Waals surface area contributed by atoms with Crippen molar-refractivity contribution >= 4 is 49.3 Å². The highest BCUT2D eigenvalue weighted by Gasteiger charge is 2.43. The molecular formula is C61H76ClN9O10S2. The minimum atomic E-state index is -4.18. The Morgan fingerprint density at radius 3 is 2.08 bits per heavy atom. The van der Waals surface area contributed by atoms with E-state index in [1.165, 1.54) is 86.0 Å². The van der Waals surface area contributed by atoms with Gasteiger partial charge < -0.3 is 23.8 Å². The first-order chi connectivity index (χ1) is 39.4. The summed E-state index contributed by atoms with van der Waals surface area (Å²) in [7, 11) is -8.32. The van der Waals surface area contributed by atoms with Crippen LogP contribution in [0.3, 0.4) is 0 Å². The van der Waals surface area contributed by atoms with Gasteiger partial charge in [-0.2, -0.15) is 0 Å². The first-order valence-corrected chi connectivity index (χ1v) is 32.2. The van der Waals surface area contributed by atoms with Crippen molar-refractivity contribution in [3.05, 3.63) is 114 Å². The largest absolute Gasteiger partial charge is 0.494 e. The van der Waals surface area contributed by atoms with Gasteiger partial charge in [0.2, 0.25) is 11.8 Å². The molecule has 19 nitrogen and oxygen atoms in total. The zero-order valence-electron chi connectivity index (χ0n) is 48.2. The van der Waals surface area contributed by atoms with Crippen LogP contribution in [0.5, 0.6) is 23.3 Å². The number of aromatic nitrogens is 6. The maximum absolute atomic E-state index is 13.6. The number of carbonyl (C=O) groups excluding carboxylic acids is 2. The molecule has 11 rings (SSSR count). The summed E-state index contributed by atoms with van der Waals surface area (Å²) in [6.45, 7) is 15.6. The van der Waals surface area contributed by atoms with E-state index in [0.29, 0.717) is 83.4 Å². The highest BCUT2D eigenvalue weighted by molar-refractivity contribution is 7.90. The minimum absolute atomic E-state index is 0.0364. The Morgan fingerprint density at radius 2 is 1.43 bits per heavy atom. The van der Waals surface area contributed by atoms with Crippen molar-refractivity contribution in [1.29, 1.82) is 0 Å². The van der Waals surface area contributed by atoms with Gasteiger partial charge in [0.1, 0.15) is 22.5 Å². The minimum Gasteiger partial charge on any atom is -0.494 e. The van der Waals surface area contributed by atoms with Crippen molar-refractivity contribution in [1.82, 2.24) is 39.0 Å². The topological polar surface area (TPSA) is 228 Å². The van der Waals surface area contributed by atoms with Crippen LogP contribution in [-0.2, 0) is 20.0 Å². The molecule has 3 aliphatic carbocycles. The third kappa shape index (κ3) is 15.0. The van der Waals surface area contributed by atoms with Gasteiger partial charge in [-0.3, -0.25) is 9.59 Å². The number of nitrogens with one attached hydrogen (secondary N) is 2. The lowest BCUT2D eigenvalue weighted by atomic mass is 9.89. The van der Waals surface area contributed by atoms with Gasteiger partial charge in [-0.25, -0.2) is 45.6 Å². The molecule has 6 heterocycles. The normalized spacial score (nSPS) is 20.7. The molecular weight excluding hydrogens is 1120 g/mol. The van der Waals surface area contributed by atoms with Gasteiger partial charge in [0.25, 0.3) is 31.9 Å². The van der Waals surface area contributed by atoms with Crippen LogP contribution in [0.25, 0.3) is 11.6 Å². The predicted molar refractivity (Wildman–Crippen MR) is 315 cm³/mol. The zero-order chi connectivity index (χ0) is 58.8. The zero-order valence-corrected chi connectivity index (χ0v) is 50.6. The fourth-order valence-corrected chi connectivity index (χ4v) is 13.5. The maximum Gasteiger partial charge on any atom is 0.268 e. The Bertz CT molecular complexity index is 3560.